The van der Waals surface area contributed by atoms with E-state index in [1.54, 1.807) is 36.5 Å². The molecule has 0 radical (unpaired) electrons. The predicted octanol–water partition coefficient (Wildman–Crippen LogP) is 5.52. The molecule has 6 rings (SSSR count). The second-order valence-electron chi connectivity index (χ2n) is 11.0. The van der Waals surface area contributed by atoms with Crippen LogP contribution < -0.4 is 4.90 Å². The molecule has 2 aliphatic heterocycles. The molecule has 208 valence electrons. The zero-order chi connectivity index (χ0) is 28.5. The highest BCUT2D eigenvalue weighted by atomic mass is 16.5. The molecule has 3 aromatic rings. The summed E-state index contributed by atoms with van der Waals surface area (Å²) in [4.78, 5) is 33.3. The lowest BCUT2D eigenvalue weighted by Gasteiger charge is -2.43. The summed E-state index contributed by atoms with van der Waals surface area (Å²) in [5.74, 6) is -1.33. The Kier molecular flexibility index (Phi) is 7.60. The first kappa shape index (κ1) is 27.2. The molecule has 0 spiro atoms. The van der Waals surface area contributed by atoms with Gasteiger partial charge in [0.15, 0.2) is 0 Å². The van der Waals surface area contributed by atoms with Crippen molar-refractivity contribution < 1.29 is 24.4 Å². The fraction of sp³-hybridized carbons (Fsp3) is 0.303. The second kappa shape index (κ2) is 11.5. The van der Waals surface area contributed by atoms with Crippen LogP contribution >= 0.6 is 0 Å². The molecule has 2 saturated heterocycles. The largest absolute Gasteiger partial charge is 0.508 e. The van der Waals surface area contributed by atoms with E-state index >= 15 is 0 Å². The summed E-state index contributed by atoms with van der Waals surface area (Å²) in [7, 11) is -1.02. The molecule has 41 heavy (non-hydrogen) atoms. The monoisotopic (exact) mass is 548 g/mol. The molecule has 2 aromatic carbocycles. The maximum Gasteiger partial charge on any atom is 0.455 e. The van der Waals surface area contributed by atoms with Crippen molar-refractivity contribution in [1.82, 2.24) is 4.98 Å². The molecule has 4 atom stereocenters. The SMILES string of the molecule is CCC1=C2[C@@H](CC/C(=C/c3cccc(O)c3)c3ccccn3)OB(O)C[C@@H]2[C@@H]2C(=O)N(c3ccccc3)C(=O)[C@@H]2C1. The van der Waals surface area contributed by atoms with Crippen molar-refractivity contribution in [3.05, 3.63) is 101 Å². The first-order valence-corrected chi connectivity index (χ1v) is 14.3. The summed E-state index contributed by atoms with van der Waals surface area (Å²) in [6, 6.07) is 22.0. The summed E-state index contributed by atoms with van der Waals surface area (Å²) in [6.45, 7) is 2.08. The molecule has 2 fully saturated rings. The van der Waals surface area contributed by atoms with Gasteiger partial charge in [0, 0.05) is 6.20 Å². The Balaban J connectivity index is 1.31. The fourth-order valence-electron chi connectivity index (χ4n) is 6.86. The van der Waals surface area contributed by atoms with Gasteiger partial charge in [0.25, 0.3) is 0 Å². The lowest BCUT2D eigenvalue weighted by atomic mass is 9.58. The van der Waals surface area contributed by atoms with Crippen LogP contribution in [0, 0.1) is 17.8 Å². The van der Waals surface area contributed by atoms with E-state index in [0.717, 1.165) is 34.4 Å². The van der Waals surface area contributed by atoms with Crippen LogP contribution in [0.4, 0.5) is 5.69 Å². The summed E-state index contributed by atoms with van der Waals surface area (Å²) in [5.41, 5.74) is 5.49. The second-order valence-corrected chi connectivity index (χ2v) is 11.0. The van der Waals surface area contributed by atoms with E-state index in [4.69, 9.17) is 4.65 Å². The molecule has 3 heterocycles. The van der Waals surface area contributed by atoms with Crippen molar-refractivity contribution in [2.24, 2.45) is 17.8 Å². The first-order chi connectivity index (χ1) is 19.9. The van der Waals surface area contributed by atoms with Crippen molar-refractivity contribution >= 4 is 36.3 Å². The van der Waals surface area contributed by atoms with Gasteiger partial charge >= 0.3 is 7.12 Å². The average Bonchev–Trinajstić information content (AvgIpc) is 3.24. The molecule has 3 aliphatic rings. The van der Waals surface area contributed by atoms with Gasteiger partial charge in [-0.1, -0.05) is 48.9 Å². The van der Waals surface area contributed by atoms with Gasteiger partial charge in [0.05, 0.1) is 29.3 Å². The van der Waals surface area contributed by atoms with Crippen LogP contribution in [-0.2, 0) is 14.2 Å². The van der Waals surface area contributed by atoms with E-state index < -0.39 is 19.0 Å². The minimum atomic E-state index is -1.02. The maximum absolute atomic E-state index is 13.8. The van der Waals surface area contributed by atoms with Gasteiger partial charge in [-0.2, -0.15) is 0 Å². The molecule has 2 N–H and O–H groups in total. The molecule has 1 aromatic heterocycles. The number of hydrogen-bond acceptors (Lipinski definition) is 6. The van der Waals surface area contributed by atoms with Crippen LogP contribution in [0.2, 0.25) is 6.32 Å². The van der Waals surface area contributed by atoms with E-state index in [9.17, 15) is 19.7 Å². The van der Waals surface area contributed by atoms with Crippen molar-refractivity contribution in [3.63, 3.8) is 0 Å². The number of amides is 2. The van der Waals surface area contributed by atoms with Crippen molar-refractivity contribution in [1.29, 1.82) is 0 Å². The number of phenols is 1. The highest BCUT2D eigenvalue weighted by Crippen LogP contribution is 2.52. The summed E-state index contributed by atoms with van der Waals surface area (Å²) >= 11 is 0. The number of anilines is 1. The Bertz CT molecular complexity index is 1510. The van der Waals surface area contributed by atoms with E-state index in [1.165, 1.54) is 4.90 Å². The zero-order valence-corrected chi connectivity index (χ0v) is 23.0. The van der Waals surface area contributed by atoms with Gasteiger partial charge in [-0.25, -0.2) is 0 Å². The van der Waals surface area contributed by atoms with Gasteiger partial charge in [0.1, 0.15) is 5.75 Å². The molecule has 0 unspecified atom stereocenters. The smallest absolute Gasteiger partial charge is 0.455 e. The number of pyridine rings is 1. The molecule has 0 bridgehead atoms. The van der Waals surface area contributed by atoms with E-state index in [0.29, 0.717) is 31.3 Å². The third kappa shape index (κ3) is 5.25. The normalized spacial score (nSPS) is 24.5. The minimum Gasteiger partial charge on any atom is -0.508 e. The number of hydrogen-bond donors (Lipinski definition) is 2. The predicted molar refractivity (Wildman–Crippen MR) is 158 cm³/mol. The molecule has 7 nitrogen and oxygen atoms in total. The summed E-state index contributed by atoms with van der Waals surface area (Å²) in [5, 5.41) is 20.9. The number of carbonyl (C=O) groups excluding carboxylic acids is 2. The number of benzene rings is 2. The fourth-order valence-corrected chi connectivity index (χ4v) is 6.86. The number of fused-ring (bicyclic) bond motifs is 3. The number of nitrogens with zero attached hydrogens (tertiary/aromatic N) is 2. The third-order valence-corrected chi connectivity index (χ3v) is 8.63. The molecule has 8 heteroatoms. The number of phenolic OH excluding ortho intramolecular Hbond substituents is 1. The average molecular weight is 548 g/mol. The van der Waals surface area contributed by atoms with Gasteiger partial charge in [-0.15, -0.1) is 0 Å². The quantitative estimate of drug-likeness (QED) is 0.229. The molecular weight excluding hydrogens is 515 g/mol. The highest BCUT2D eigenvalue weighted by Gasteiger charge is 2.57. The Hall–Kier alpha value is -4.01. The van der Waals surface area contributed by atoms with Gasteiger partial charge < -0.3 is 14.8 Å². The molecule has 2 amide bonds. The van der Waals surface area contributed by atoms with Crippen molar-refractivity contribution in [2.75, 3.05) is 4.90 Å². The van der Waals surface area contributed by atoms with Crippen LogP contribution in [0.15, 0.2) is 90.1 Å². The maximum atomic E-state index is 13.8. The summed E-state index contributed by atoms with van der Waals surface area (Å²) < 4.78 is 6.17. The molecule has 1 aliphatic carbocycles. The molecule has 0 saturated carbocycles. The minimum absolute atomic E-state index is 0.153. The highest BCUT2D eigenvalue weighted by molar-refractivity contribution is 6.43. The Morgan fingerprint density at radius 3 is 2.59 bits per heavy atom. The first-order valence-electron chi connectivity index (χ1n) is 14.3. The Morgan fingerprint density at radius 2 is 1.85 bits per heavy atom. The van der Waals surface area contributed by atoms with Gasteiger partial charge in [-0.05, 0) is 97.1 Å². The number of rotatable bonds is 7. The Labute approximate surface area is 240 Å². The van der Waals surface area contributed by atoms with Crippen LogP contribution in [0.25, 0.3) is 11.6 Å². The Morgan fingerprint density at radius 1 is 1.05 bits per heavy atom. The lowest BCUT2D eigenvalue weighted by Crippen LogP contribution is -2.46. The lowest BCUT2D eigenvalue weighted by molar-refractivity contribution is -0.122. The topological polar surface area (TPSA) is 100.0 Å². The van der Waals surface area contributed by atoms with E-state index in [-0.39, 0.29) is 29.6 Å². The standard InChI is InChI=1S/C33H33BN2O5/c1-2-22-19-26-31(33(39)36(32(26)38)24-10-4-3-5-11-24)27-20-34(40)41-29(30(22)27)15-14-23(28-13-6-7-16-35-28)17-21-9-8-12-25(37)18-21/h3-13,16-18,26-27,29,31,37,40H,2,14-15,19-20H2,1H3/b23-17-/t26-,27+,29-,31-/m1/s1. The van der Waals surface area contributed by atoms with E-state index in [1.807, 2.05) is 48.5 Å². The van der Waals surface area contributed by atoms with Crippen LogP contribution in [0.5, 0.6) is 5.75 Å². The van der Waals surface area contributed by atoms with Crippen molar-refractivity contribution in [3.8, 4) is 5.75 Å². The zero-order valence-electron chi connectivity index (χ0n) is 23.0. The third-order valence-electron chi connectivity index (χ3n) is 8.63. The van der Waals surface area contributed by atoms with Crippen molar-refractivity contribution in [2.45, 2.75) is 45.0 Å². The number of para-hydroxylation sites is 1. The summed E-state index contributed by atoms with van der Waals surface area (Å²) in [6.07, 6.45) is 6.15. The number of allylic oxidation sites excluding steroid dienone is 2. The van der Waals surface area contributed by atoms with Gasteiger partial charge in [-0.3, -0.25) is 19.5 Å². The number of carbonyl (C=O) groups is 2. The van der Waals surface area contributed by atoms with Gasteiger partial charge in [0.2, 0.25) is 11.8 Å². The van der Waals surface area contributed by atoms with Crippen LogP contribution in [-0.4, -0.2) is 40.2 Å². The van der Waals surface area contributed by atoms with E-state index in [2.05, 4.69) is 11.9 Å². The molecular formula is C33H33BN2O5. The van der Waals surface area contributed by atoms with Crippen LogP contribution in [0.3, 0.4) is 0 Å². The number of aromatic hydroxyl groups is 1. The van der Waals surface area contributed by atoms with Crippen LogP contribution in [0.1, 0.15) is 43.9 Å². The number of imide groups is 1. The number of aromatic nitrogens is 1.